The summed E-state index contributed by atoms with van der Waals surface area (Å²) in [6.07, 6.45) is 2.07. The van der Waals surface area contributed by atoms with Crippen LogP contribution in [0.3, 0.4) is 0 Å². The van der Waals surface area contributed by atoms with Crippen molar-refractivity contribution in [2.45, 2.75) is 44.2 Å². The van der Waals surface area contributed by atoms with Crippen LogP contribution in [0.4, 0.5) is 0 Å². The summed E-state index contributed by atoms with van der Waals surface area (Å²) in [7, 11) is 0.535. The lowest BCUT2D eigenvalue weighted by Crippen LogP contribution is -2.11. The molecule has 0 N–H and O–H groups in total. The molecule has 1 fully saturated rings. The van der Waals surface area contributed by atoms with Crippen LogP contribution in [-0.2, 0) is 22.3 Å². The maximum Gasteiger partial charge on any atom is 0.149 e. The molecule has 37 heavy (non-hydrogen) atoms. The molecule has 0 amide bonds. The number of hydrogen-bond donors (Lipinski definition) is 0. The Bertz CT molecular complexity index is 1260. The van der Waals surface area contributed by atoms with Gasteiger partial charge in [0.2, 0.25) is 0 Å². The van der Waals surface area contributed by atoms with E-state index in [0.717, 1.165) is 29.9 Å². The summed E-state index contributed by atoms with van der Waals surface area (Å²) in [5.74, 6) is 1.77. The number of rotatable bonds is 13. The van der Waals surface area contributed by atoms with Gasteiger partial charge in [0.15, 0.2) is 0 Å². The Morgan fingerprint density at radius 3 is 1.76 bits per heavy atom. The highest BCUT2D eigenvalue weighted by atomic mass is 31.1. The van der Waals surface area contributed by atoms with Crippen molar-refractivity contribution in [2.75, 3.05) is 0 Å². The summed E-state index contributed by atoms with van der Waals surface area (Å²) in [5.41, 5.74) is 4.68. The lowest BCUT2D eigenvalue weighted by atomic mass is 9.96. The van der Waals surface area contributed by atoms with E-state index in [2.05, 4.69) is 48.5 Å². The Morgan fingerprint density at radius 1 is 0.649 bits per heavy atom. The van der Waals surface area contributed by atoms with Crippen LogP contribution in [0.15, 0.2) is 109 Å². The molecule has 4 nitrogen and oxygen atoms in total. The monoisotopic (exact) mass is 530 g/mol. The third-order valence-corrected chi connectivity index (χ3v) is 8.13. The van der Waals surface area contributed by atoms with Crippen molar-refractivity contribution in [2.24, 2.45) is 0 Å². The Hall–Kier alpha value is -2.74. The molecule has 0 spiro atoms. The molecule has 1 aliphatic rings. The van der Waals surface area contributed by atoms with Gasteiger partial charge >= 0.3 is 0 Å². The molecular formula is C31H32O4P2. The average molecular weight is 531 g/mol. The molecule has 1 aliphatic carbocycles. The minimum absolute atomic E-state index is 0.0101. The third-order valence-electron chi connectivity index (χ3n) is 6.10. The molecule has 0 radical (unpaired) electrons. The molecule has 0 aromatic heterocycles. The van der Waals surface area contributed by atoms with Crippen LogP contribution in [0.25, 0.3) is 11.1 Å². The second-order valence-corrected chi connectivity index (χ2v) is 11.8. The van der Waals surface area contributed by atoms with Crippen LogP contribution >= 0.6 is 17.6 Å². The van der Waals surface area contributed by atoms with Gasteiger partial charge in [0.25, 0.3) is 0 Å². The van der Waals surface area contributed by atoms with Gasteiger partial charge in [-0.15, -0.1) is 0 Å². The average Bonchev–Trinajstić information content (AvgIpc) is 3.69. The highest BCUT2D eigenvalue weighted by Gasteiger charge is 2.46. The fourth-order valence-corrected chi connectivity index (χ4v) is 5.72. The van der Waals surface area contributed by atoms with E-state index in [1.165, 1.54) is 16.7 Å². The zero-order chi connectivity index (χ0) is 25.3. The lowest BCUT2D eigenvalue weighted by molar-refractivity contribution is 0.239. The molecule has 3 unspecified atom stereocenters. The van der Waals surface area contributed by atoms with Gasteiger partial charge in [0.1, 0.15) is 22.7 Å². The Kier molecular flexibility index (Phi) is 8.87. The van der Waals surface area contributed by atoms with Gasteiger partial charge < -0.3 is 18.5 Å². The maximum absolute atomic E-state index is 6.25. The Balaban J connectivity index is 1.19. The van der Waals surface area contributed by atoms with Crippen LogP contribution in [0, 0.1) is 0 Å². The Morgan fingerprint density at radius 2 is 1.16 bits per heavy atom. The SMILES string of the molecule is CC(Oc1ccccc1)POCc1ccccc1-c1ccccc1COPC1(Oc2ccccc2)CC1. The molecule has 6 heteroatoms. The van der Waals surface area contributed by atoms with E-state index in [1.54, 1.807) is 0 Å². The summed E-state index contributed by atoms with van der Waals surface area (Å²) < 4.78 is 24.6. The van der Waals surface area contributed by atoms with Crippen LogP contribution in [0.1, 0.15) is 30.9 Å². The van der Waals surface area contributed by atoms with Gasteiger partial charge in [-0.05, 0) is 66.3 Å². The minimum Gasteiger partial charge on any atom is -0.484 e. The van der Waals surface area contributed by atoms with Gasteiger partial charge in [0.05, 0.1) is 30.8 Å². The molecule has 0 saturated heterocycles. The number of hydrogen-bond acceptors (Lipinski definition) is 4. The number of para-hydroxylation sites is 2. The molecule has 0 heterocycles. The van der Waals surface area contributed by atoms with Crippen molar-refractivity contribution < 1.29 is 18.5 Å². The van der Waals surface area contributed by atoms with Crippen LogP contribution in [0.2, 0.25) is 0 Å². The third kappa shape index (κ3) is 7.40. The van der Waals surface area contributed by atoms with E-state index in [4.69, 9.17) is 18.5 Å². The zero-order valence-corrected chi connectivity index (χ0v) is 22.9. The molecule has 3 atom stereocenters. The predicted octanol–water partition coefficient (Wildman–Crippen LogP) is 8.57. The molecule has 1 saturated carbocycles. The topological polar surface area (TPSA) is 36.9 Å². The Labute approximate surface area is 223 Å². The first-order valence-electron chi connectivity index (χ1n) is 12.6. The zero-order valence-electron chi connectivity index (χ0n) is 20.9. The highest BCUT2D eigenvalue weighted by Crippen LogP contribution is 2.54. The number of benzene rings is 4. The van der Waals surface area contributed by atoms with Crippen LogP contribution < -0.4 is 9.47 Å². The van der Waals surface area contributed by atoms with Gasteiger partial charge in [0, 0.05) is 0 Å². The summed E-state index contributed by atoms with van der Waals surface area (Å²) >= 11 is 0. The van der Waals surface area contributed by atoms with Gasteiger partial charge in [-0.2, -0.15) is 0 Å². The first-order valence-corrected chi connectivity index (χ1v) is 14.5. The predicted molar refractivity (Wildman–Crippen MR) is 154 cm³/mol. The molecule has 4 aromatic carbocycles. The normalized spacial score (nSPS) is 15.3. The van der Waals surface area contributed by atoms with Crippen LogP contribution in [0.5, 0.6) is 11.5 Å². The van der Waals surface area contributed by atoms with E-state index >= 15 is 0 Å². The largest absolute Gasteiger partial charge is 0.484 e. The van der Waals surface area contributed by atoms with E-state index in [-0.39, 0.29) is 20.0 Å². The maximum atomic E-state index is 6.25. The second kappa shape index (κ2) is 12.7. The fraction of sp³-hybridized carbons (Fsp3) is 0.226. The molecule has 0 bridgehead atoms. The van der Waals surface area contributed by atoms with Crippen molar-refractivity contribution in [3.8, 4) is 22.6 Å². The van der Waals surface area contributed by atoms with E-state index in [9.17, 15) is 0 Å². The fourth-order valence-electron chi connectivity index (χ4n) is 4.08. The summed E-state index contributed by atoms with van der Waals surface area (Å²) in [5, 5.41) is -0.165. The summed E-state index contributed by atoms with van der Waals surface area (Å²) in [4.78, 5) is 0. The van der Waals surface area contributed by atoms with Crippen LogP contribution in [-0.4, -0.2) is 11.2 Å². The van der Waals surface area contributed by atoms with Crippen molar-refractivity contribution >= 4 is 17.6 Å². The molecule has 0 aliphatic heterocycles. The first-order chi connectivity index (χ1) is 18.2. The van der Waals surface area contributed by atoms with Crippen molar-refractivity contribution in [3.05, 3.63) is 120 Å². The standard InChI is InChI=1S/C31H32O4P2/c1-24(34-27-14-4-2-5-15-27)36-32-22-25-12-8-10-18-29(25)30-19-11-9-13-26(30)23-33-37-31(20-21-31)35-28-16-6-3-7-17-28/h2-19,24,36-37H,20-23H2,1H3. The van der Waals surface area contributed by atoms with Crippen molar-refractivity contribution in [1.29, 1.82) is 0 Å². The quantitative estimate of drug-likeness (QED) is 0.162. The summed E-state index contributed by atoms with van der Waals surface area (Å²) in [6, 6.07) is 36.8. The minimum atomic E-state index is -0.165. The first kappa shape index (κ1) is 25.9. The number of ether oxygens (including phenoxy) is 2. The highest BCUT2D eigenvalue weighted by molar-refractivity contribution is 7.34. The summed E-state index contributed by atoms with van der Waals surface area (Å²) in [6.45, 7) is 3.12. The second-order valence-electron chi connectivity index (χ2n) is 9.09. The van der Waals surface area contributed by atoms with Crippen molar-refractivity contribution in [3.63, 3.8) is 0 Å². The molecule has 4 aromatic rings. The van der Waals surface area contributed by atoms with E-state index in [0.29, 0.717) is 22.0 Å². The molecular weight excluding hydrogens is 498 g/mol. The smallest absolute Gasteiger partial charge is 0.149 e. The van der Waals surface area contributed by atoms with Crippen molar-refractivity contribution in [1.82, 2.24) is 0 Å². The molecule has 5 rings (SSSR count). The van der Waals surface area contributed by atoms with Gasteiger partial charge in [-0.1, -0.05) is 84.9 Å². The van der Waals surface area contributed by atoms with E-state index < -0.39 is 0 Å². The van der Waals surface area contributed by atoms with Gasteiger partial charge in [-0.3, -0.25) is 0 Å². The molecule has 190 valence electrons. The van der Waals surface area contributed by atoms with Gasteiger partial charge in [-0.25, -0.2) is 0 Å². The van der Waals surface area contributed by atoms with E-state index in [1.807, 2.05) is 67.6 Å². The lowest BCUT2D eigenvalue weighted by Gasteiger charge is -2.19.